The van der Waals surface area contributed by atoms with Crippen LogP contribution in [0.3, 0.4) is 0 Å². The number of nitrogens with one attached hydrogen (secondary N) is 1. The first kappa shape index (κ1) is 12.1. The van der Waals surface area contributed by atoms with E-state index in [-0.39, 0.29) is 11.4 Å². The van der Waals surface area contributed by atoms with Crippen molar-refractivity contribution in [3.8, 4) is 0 Å². The Morgan fingerprint density at radius 1 is 1.65 bits per heavy atom. The van der Waals surface area contributed by atoms with Crippen LogP contribution in [0.4, 0.5) is 0 Å². The standard InChI is InChI=1S/C9H13N3O4S/c1-6-8(5-10-11-6)17(15,16)12-4-2-3-7(12)9(13)14/h5,7H,2-4H2,1H3,(H,10,11)(H,13,14)/t7-/m0/s1. The summed E-state index contributed by atoms with van der Waals surface area (Å²) in [5.41, 5.74) is 0.418. The number of H-pyrrole nitrogens is 1. The molecular formula is C9H13N3O4S. The van der Waals surface area contributed by atoms with Gasteiger partial charge in [0.2, 0.25) is 10.0 Å². The molecule has 1 atom stereocenters. The van der Waals surface area contributed by atoms with E-state index in [1.54, 1.807) is 6.92 Å². The Balaban J connectivity index is 2.40. The number of carboxylic acid groups (broad SMARTS) is 1. The molecule has 0 aromatic carbocycles. The van der Waals surface area contributed by atoms with Crippen LogP contribution in [-0.4, -0.2) is 46.6 Å². The van der Waals surface area contributed by atoms with Gasteiger partial charge < -0.3 is 5.11 Å². The summed E-state index contributed by atoms with van der Waals surface area (Å²) in [6, 6.07) is -0.964. The van der Waals surface area contributed by atoms with Crippen molar-refractivity contribution in [1.29, 1.82) is 0 Å². The lowest BCUT2D eigenvalue weighted by Gasteiger charge is -2.20. The second-order valence-electron chi connectivity index (χ2n) is 3.97. The van der Waals surface area contributed by atoms with Gasteiger partial charge in [-0.15, -0.1) is 0 Å². The molecule has 0 radical (unpaired) electrons. The molecule has 0 aliphatic carbocycles. The number of rotatable bonds is 3. The largest absolute Gasteiger partial charge is 0.480 e. The Kier molecular flexibility index (Phi) is 2.92. The molecule has 1 aliphatic heterocycles. The summed E-state index contributed by atoms with van der Waals surface area (Å²) < 4.78 is 25.5. The van der Waals surface area contributed by atoms with Crippen LogP contribution in [0, 0.1) is 6.92 Å². The van der Waals surface area contributed by atoms with Gasteiger partial charge in [0.05, 0.1) is 11.9 Å². The maximum absolute atomic E-state index is 12.2. The number of sulfonamides is 1. The minimum absolute atomic E-state index is 0.0469. The molecule has 2 heterocycles. The van der Waals surface area contributed by atoms with Gasteiger partial charge in [0.15, 0.2) is 0 Å². The predicted octanol–water partition coefficient (Wildman–Crippen LogP) is -0.0442. The van der Waals surface area contributed by atoms with Crippen molar-refractivity contribution in [1.82, 2.24) is 14.5 Å². The Labute approximate surface area is 98.5 Å². The number of aryl methyl sites for hydroxylation is 1. The van der Waals surface area contributed by atoms with Gasteiger partial charge in [0, 0.05) is 6.54 Å². The SMILES string of the molecule is Cc1[nH]ncc1S(=O)(=O)N1CCC[C@H]1C(=O)O. The molecule has 1 aliphatic rings. The molecule has 1 saturated heterocycles. The van der Waals surface area contributed by atoms with E-state index in [1.165, 1.54) is 6.20 Å². The van der Waals surface area contributed by atoms with E-state index in [1.807, 2.05) is 0 Å². The number of aromatic nitrogens is 2. The lowest BCUT2D eigenvalue weighted by molar-refractivity contribution is -0.140. The van der Waals surface area contributed by atoms with E-state index in [4.69, 9.17) is 5.11 Å². The van der Waals surface area contributed by atoms with Gasteiger partial charge in [-0.1, -0.05) is 0 Å². The summed E-state index contributed by atoms with van der Waals surface area (Å²) in [5, 5.41) is 15.2. The third kappa shape index (κ3) is 1.93. The lowest BCUT2D eigenvalue weighted by Crippen LogP contribution is -2.40. The first-order valence-electron chi connectivity index (χ1n) is 5.19. The van der Waals surface area contributed by atoms with Gasteiger partial charge in [0.1, 0.15) is 10.9 Å². The summed E-state index contributed by atoms with van der Waals surface area (Å²) in [5.74, 6) is -1.10. The Morgan fingerprint density at radius 3 is 2.88 bits per heavy atom. The molecule has 0 unspecified atom stereocenters. The Morgan fingerprint density at radius 2 is 2.35 bits per heavy atom. The van der Waals surface area contributed by atoms with Gasteiger partial charge in [-0.2, -0.15) is 9.40 Å². The molecular weight excluding hydrogens is 246 g/mol. The molecule has 0 bridgehead atoms. The van der Waals surface area contributed by atoms with Gasteiger partial charge in [-0.3, -0.25) is 9.89 Å². The van der Waals surface area contributed by atoms with Crippen LogP contribution in [0.15, 0.2) is 11.1 Å². The monoisotopic (exact) mass is 259 g/mol. The van der Waals surface area contributed by atoms with E-state index >= 15 is 0 Å². The Bertz CT molecular complexity index is 536. The first-order chi connectivity index (χ1) is 7.94. The third-order valence-corrected chi connectivity index (χ3v) is 4.88. The summed E-state index contributed by atoms with van der Waals surface area (Å²) >= 11 is 0. The molecule has 17 heavy (non-hydrogen) atoms. The van der Waals surface area contributed by atoms with E-state index < -0.39 is 22.0 Å². The van der Waals surface area contributed by atoms with Crippen LogP contribution in [0.5, 0.6) is 0 Å². The molecule has 1 aromatic heterocycles. The predicted molar refractivity (Wildman–Crippen MR) is 57.9 cm³/mol. The number of aliphatic carboxylic acids is 1. The van der Waals surface area contributed by atoms with Crippen molar-refractivity contribution in [2.24, 2.45) is 0 Å². The smallest absolute Gasteiger partial charge is 0.322 e. The number of hydrogen-bond acceptors (Lipinski definition) is 4. The average molecular weight is 259 g/mol. The molecule has 2 N–H and O–H groups in total. The molecule has 1 fully saturated rings. The minimum Gasteiger partial charge on any atom is -0.480 e. The van der Waals surface area contributed by atoms with Crippen LogP contribution in [0.2, 0.25) is 0 Å². The quantitative estimate of drug-likeness (QED) is 0.792. The summed E-state index contributed by atoms with van der Waals surface area (Å²) in [6.45, 7) is 1.83. The zero-order valence-electron chi connectivity index (χ0n) is 9.25. The fourth-order valence-corrected chi connectivity index (χ4v) is 3.77. The van der Waals surface area contributed by atoms with Gasteiger partial charge >= 0.3 is 5.97 Å². The normalized spacial score (nSPS) is 21.8. The van der Waals surface area contributed by atoms with Crippen LogP contribution in [0.25, 0.3) is 0 Å². The lowest BCUT2D eigenvalue weighted by atomic mass is 10.2. The maximum Gasteiger partial charge on any atom is 0.322 e. The van der Waals surface area contributed by atoms with E-state index in [0.29, 0.717) is 18.5 Å². The van der Waals surface area contributed by atoms with Crippen LogP contribution in [0.1, 0.15) is 18.5 Å². The highest BCUT2D eigenvalue weighted by Crippen LogP contribution is 2.26. The second kappa shape index (κ2) is 4.11. The van der Waals surface area contributed by atoms with E-state index in [2.05, 4.69) is 10.2 Å². The number of hydrogen-bond donors (Lipinski definition) is 2. The number of nitrogens with zero attached hydrogens (tertiary/aromatic N) is 2. The Hall–Kier alpha value is -1.41. The van der Waals surface area contributed by atoms with E-state index in [0.717, 1.165) is 4.31 Å². The maximum atomic E-state index is 12.2. The molecule has 0 spiro atoms. The van der Waals surface area contributed by atoms with Gasteiger partial charge in [-0.25, -0.2) is 8.42 Å². The highest BCUT2D eigenvalue weighted by atomic mass is 32.2. The van der Waals surface area contributed by atoms with Crippen molar-refractivity contribution < 1.29 is 18.3 Å². The van der Waals surface area contributed by atoms with Crippen LogP contribution in [-0.2, 0) is 14.8 Å². The van der Waals surface area contributed by atoms with Crippen LogP contribution < -0.4 is 0 Å². The number of aromatic amines is 1. The van der Waals surface area contributed by atoms with Gasteiger partial charge in [0.25, 0.3) is 0 Å². The first-order valence-corrected chi connectivity index (χ1v) is 6.63. The molecule has 0 amide bonds. The summed E-state index contributed by atoms with van der Waals surface area (Å²) in [6.07, 6.45) is 2.13. The fraction of sp³-hybridized carbons (Fsp3) is 0.556. The summed E-state index contributed by atoms with van der Waals surface area (Å²) in [4.78, 5) is 11.0. The van der Waals surface area contributed by atoms with Crippen molar-refractivity contribution in [3.63, 3.8) is 0 Å². The molecule has 2 rings (SSSR count). The second-order valence-corrected chi connectivity index (χ2v) is 5.83. The third-order valence-electron chi connectivity index (χ3n) is 2.86. The molecule has 1 aromatic rings. The summed E-state index contributed by atoms with van der Waals surface area (Å²) in [7, 11) is -3.76. The highest BCUT2D eigenvalue weighted by Gasteiger charge is 2.40. The fourth-order valence-electron chi connectivity index (χ4n) is 2.00. The molecule has 8 heteroatoms. The van der Waals surface area contributed by atoms with E-state index in [9.17, 15) is 13.2 Å². The zero-order chi connectivity index (χ0) is 12.6. The number of carbonyl (C=O) groups is 1. The molecule has 7 nitrogen and oxygen atoms in total. The van der Waals surface area contributed by atoms with Gasteiger partial charge in [-0.05, 0) is 19.8 Å². The molecule has 0 saturated carbocycles. The topological polar surface area (TPSA) is 103 Å². The number of carboxylic acids is 1. The van der Waals surface area contributed by atoms with Crippen LogP contribution >= 0.6 is 0 Å². The minimum atomic E-state index is -3.76. The van der Waals surface area contributed by atoms with Crippen molar-refractivity contribution in [3.05, 3.63) is 11.9 Å². The average Bonchev–Trinajstić information content (AvgIpc) is 2.84. The van der Waals surface area contributed by atoms with Crippen molar-refractivity contribution in [2.75, 3.05) is 6.54 Å². The van der Waals surface area contributed by atoms with Crippen molar-refractivity contribution in [2.45, 2.75) is 30.7 Å². The molecule has 94 valence electrons. The van der Waals surface area contributed by atoms with Crippen molar-refractivity contribution >= 4 is 16.0 Å². The highest BCUT2D eigenvalue weighted by molar-refractivity contribution is 7.89. The zero-order valence-corrected chi connectivity index (χ0v) is 10.1.